The van der Waals surface area contributed by atoms with Crippen LogP contribution in [-0.4, -0.2) is 35.2 Å². The summed E-state index contributed by atoms with van der Waals surface area (Å²) in [6.07, 6.45) is 0. The van der Waals surface area contributed by atoms with E-state index in [9.17, 15) is 4.79 Å². The average Bonchev–Trinajstić information content (AvgIpc) is 2.09. The summed E-state index contributed by atoms with van der Waals surface area (Å²) in [5.74, 6) is -2.19. The van der Waals surface area contributed by atoms with E-state index in [1.165, 1.54) is 0 Å². The Bertz CT molecular complexity index is 111. The van der Waals surface area contributed by atoms with Crippen LogP contribution in [0, 0.1) is 7.11 Å². The molecule has 0 aliphatic rings. The van der Waals surface area contributed by atoms with E-state index in [4.69, 9.17) is 20.1 Å². The van der Waals surface area contributed by atoms with Crippen LogP contribution >= 0.6 is 0 Å². The second-order valence-corrected chi connectivity index (χ2v) is 1.17. The van der Waals surface area contributed by atoms with Gasteiger partial charge in [-0.05, 0) is 0 Å². The van der Waals surface area contributed by atoms with Crippen LogP contribution in [0.4, 0.5) is 0 Å². The molecular formula is C5H12N2Na2O5. The molecule has 14 heavy (non-hydrogen) atoms. The number of rotatable bonds is 2. The number of aliphatic hydroxyl groups excluding tert-OH is 1. The summed E-state index contributed by atoms with van der Waals surface area (Å²) >= 11 is 0. The number of carbonyl (C=O) groups is 2. The van der Waals surface area contributed by atoms with Crippen LogP contribution in [-0.2, 0) is 9.59 Å². The van der Waals surface area contributed by atoms with Crippen molar-refractivity contribution < 1.29 is 84.0 Å². The normalized spacial score (nSPS) is 5.71. The minimum Gasteiger partial charge on any atom is -0.569 e. The second kappa shape index (κ2) is 29.2. The van der Waals surface area contributed by atoms with Gasteiger partial charge in [-0.3, -0.25) is 4.79 Å². The van der Waals surface area contributed by atoms with Crippen LogP contribution in [0.1, 0.15) is 0 Å². The van der Waals surface area contributed by atoms with Crippen LogP contribution in [0.5, 0.6) is 0 Å². The molecule has 0 heterocycles. The van der Waals surface area contributed by atoms with Crippen molar-refractivity contribution in [3.8, 4) is 0 Å². The van der Waals surface area contributed by atoms with E-state index in [2.05, 4.69) is 18.6 Å². The third kappa shape index (κ3) is 77.1. The van der Waals surface area contributed by atoms with Crippen LogP contribution in [0.2, 0.25) is 0 Å². The van der Waals surface area contributed by atoms with Gasteiger partial charge in [-0.25, -0.2) is 7.11 Å². The quantitative estimate of drug-likeness (QED) is 0.269. The number of carboxylic acids is 2. The fourth-order valence-electron chi connectivity index (χ4n) is 0. The van der Waals surface area contributed by atoms with Gasteiger partial charge in [0.15, 0.2) is 0 Å². The molecule has 9 heteroatoms. The Morgan fingerprint density at radius 3 is 1.29 bits per heavy atom. The van der Waals surface area contributed by atoms with Crippen LogP contribution in [0.25, 0.3) is 0 Å². The van der Waals surface area contributed by atoms with Crippen molar-refractivity contribution in [2.45, 2.75) is 0 Å². The molecule has 0 aromatic rings. The smallest absolute Gasteiger partial charge is 0.569 e. The summed E-state index contributed by atoms with van der Waals surface area (Å²) in [5.41, 5.74) is 9.08. The molecule has 0 spiro atoms. The topological polar surface area (TPSA) is 150 Å². The van der Waals surface area contributed by atoms with Gasteiger partial charge in [0.1, 0.15) is 0 Å². The number of hydrogen-bond acceptors (Lipinski definition) is 6. The molecule has 0 saturated heterocycles. The van der Waals surface area contributed by atoms with Crippen molar-refractivity contribution >= 4 is 11.9 Å². The van der Waals surface area contributed by atoms with Crippen molar-refractivity contribution in [1.29, 1.82) is 0 Å². The minimum atomic E-state index is -1.22. The fraction of sp³-hybridized carbons (Fsp3) is 0.400. The maximum absolute atomic E-state index is 9.24. The number of carboxylic acid groups (broad SMARTS) is 2. The Balaban J connectivity index is -0.0000000292. The third-order valence-corrected chi connectivity index (χ3v) is 0.341. The Morgan fingerprint density at radius 1 is 1.14 bits per heavy atom. The summed E-state index contributed by atoms with van der Waals surface area (Å²) in [7, 11) is 2.25. The average molecular weight is 226 g/mol. The van der Waals surface area contributed by atoms with Gasteiger partial charge >= 0.3 is 65.1 Å². The summed E-state index contributed by atoms with van der Waals surface area (Å²) in [6.45, 7) is -0.667. The molecule has 0 aliphatic carbocycles. The third-order valence-electron chi connectivity index (χ3n) is 0.341. The van der Waals surface area contributed by atoms with Gasteiger partial charge in [-0.2, -0.15) is 0 Å². The first-order valence-corrected chi connectivity index (χ1v) is 2.68. The fourth-order valence-corrected chi connectivity index (χ4v) is 0. The Hall–Kier alpha value is 0.820. The van der Waals surface area contributed by atoms with Gasteiger partial charge in [-0.1, -0.05) is 0 Å². The molecule has 0 saturated carbocycles. The van der Waals surface area contributed by atoms with Crippen LogP contribution < -0.4 is 75.7 Å². The van der Waals surface area contributed by atoms with E-state index >= 15 is 0 Å². The molecule has 0 aromatic heterocycles. The first kappa shape index (κ1) is 29.4. The molecule has 0 radical (unpaired) electrons. The van der Waals surface area contributed by atoms with Gasteiger partial charge < -0.3 is 31.6 Å². The molecule has 0 amide bonds. The van der Waals surface area contributed by atoms with Crippen molar-refractivity contribution in [2.24, 2.45) is 11.5 Å². The van der Waals surface area contributed by atoms with Gasteiger partial charge in [0.2, 0.25) is 0 Å². The predicted molar refractivity (Wildman–Crippen MR) is 38.0 cm³/mol. The number of hydrogen-bond donors (Lipinski definition) is 4. The zero-order chi connectivity index (χ0) is 10.6. The molecule has 74 valence electrons. The van der Waals surface area contributed by atoms with E-state index in [-0.39, 0.29) is 72.2 Å². The van der Waals surface area contributed by atoms with Gasteiger partial charge in [0.25, 0.3) is 0 Å². The predicted octanol–water partition coefficient (Wildman–Crippen LogP) is -9.12. The van der Waals surface area contributed by atoms with Gasteiger partial charge in [0, 0.05) is 6.54 Å². The Labute approximate surface area is 126 Å². The van der Waals surface area contributed by atoms with Crippen molar-refractivity contribution in [3.05, 3.63) is 7.11 Å². The maximum Gasteiger partial charge on any atom is 1.00 e. The minimum absolute atomic E-state index is 0. The molecule has 0 bridgehead atoms. The van der Waals surface area contributed by atoms with E-state index in [0.29, 0.717) is 0 Å². The van der Waals surface area contributed by atoms with Crippen LogP contribution in [0.15, 0.2) is 0 Å². The zero-order valence-corrected chi connectivity index (χ0v) is 12.4. The monoisotopic (exact) mass is 226 g/mol. The molecular weight excluding hydrogens is 214 g/mol. The molecule has 6 N–H and O–H groups in total. The Kier molecular flexibility index (Phi) is 61.2. The summed E-state index contributed by atoms with van der Waals surface area (Å²) in [5, 5.41) is 23.5. The first-order valence-electron chi connectivity index (χ1n) is 2.68. The summed E-state index contributed by atoms with van der Waals surface area (Å²) in [4.78, 5) is 18.4. The molecule has 7 nitrogen and oxygen atoms in total. The largest absolute Gasteiger partial charge is 1.00 e. The molecule has 0 aliphatic heterocycles. The van der Waals surface area contributed by atoms with Gasteiger partial charge in [0.05, 0.1) is 12.5 Å². The SMILES string of the molecule is NCC(=O)O.NCC(=O)[O-].[CH2-]O.[Na+].[Na+]. The van der Waals surface area contributed by atoms with E-state index in [1.807, 2.05) is 0 Å². The standard InChI is InChI=1S/2C2H5NO2.CH3O.2Na/c2*3-1-2(4)5;1-2;;/h2*1,3H2,(H,4,5);2H,1H2;;/q;;-1;2*+1/p-1. The van der Waals surface area contributed by atoms with Crippen molar-refractivity contribution in [1.82, 2.24) is 0 Å². The zero-order valence-electron chi connectivity index (χ0n) is 8.40. The number of carbonyl (C=O) groups excluding carboxylic acids is 1. The van der Waals surface area contributed by atoms with E-state index in [1.54, 1.807) is 0 Å². The Morgan fingerprint density at radius 2 is 1.29 bits per heavy atom. The second-order valence-electron chi connectivity index (χ2n) is 1.17. The number of nitrogens with two attached hydrogens (primary N) is 2. The van der Waals surface area contributed by atoms with Crippen molar-refractivity contribution in [3.63, 3.8) is 0 Å². The first-order chi connectivity index (χ1) is 5.54. The van der Waals surface area contributed by atoms with Gasteiger partial charge in [-0.15, -0.1) is 0 Å². The maximum atomic E-state index is 9.24. The molecule has 0 atom stereocenters. The molecule has 0 aromatic carbocycles. The van der Waals surface area contributed by atoms with E-state index < -0.39 is 11.9 Å². The number of aliphatic hydroxyl groups is 1. The molecule has 0 rings (SSSR count). The van der Waals surface area contributed by atoms with Crippen molar-refractivity contribution in [2.75, 3.05) is 13.1 Å². The number of aliphatic carboxylic acids is 2. The van der Waals surface area contributed by atoms with E-state index in [0.717, 1.165) is 0 Å². The summed E-state index contributed by atoms with van der Waals surface area (Å²) < 4.78 is 0. The molecule has 0 fully saturated rings. The summed E-state index contributed by atoms with van der Waals surface area (Å²) in [6, 6.07) is 0. The van der Waals surface area contributed by atoms with Crippen LogP contribution in [0.3, 0.4) is 0 Å². The molecule has 0 unspecified atom stereocenters.